The molecule has 0 unspecified atom stereocenters. The van der Waals surface area contributed by atoms with Crippen LogP contribution >= 0.6 is 0 Å². The molecule has 9 nitrogen and oxygen atoms in total. The van der Waals surface area contributed by atoms with Crippen LogP contribution in [0.5, 0.6) is 0 Å². The Balaban J connectivity index is 0.000000412. The predicted octanol–water partition coefficient (Wildman–Crippen LogP) is 1.02. The Morgan fingerprint density at radius 3 is 2.35 bits per heavy atom. The van der Waals surface area contributed by atoms with Crippen molar-refractivity contribution in [1.29, 1.82) is 0 Å². The number of alkyl halides is 3. The van der Waals surface area contributed by atoms with Gasteiger partial charge >= 0.3 is 17.8 Å². The molecule has 0 aromatic carbocycles. The van der Waals surface area contributed by atoms with Gasteiger partial charge in [-0.1, -0.05) is 0 Å². The highest BCUT2D eigenvalue weighted by atomic mass is 19.4. The summed E-state index contributed by atoms with van der Waals surface area (Å²) in [6.45, 7) is 1.38. The molecule has 0 bridgehead atoms. The number of aromatic nitrogens is 3. The van der Waals surface area contributed by atoms with Gasteiger partial charge in [-0.15, -0.1) is 0 Å². The highest BCUT2D eigenvalue weighted by molar-refractivity contribution is 5.89. The van der Waals surface area contributed by atoms with Gasteiger partial charge in [-0.3, -0.25) is 4.79 Å². The zero-order valence-electron chi connectivity index (χ0n) is 13.5. The fraction of sp³-hybridized carbons (Fsp3) is 0.214. The Labute approximate surface area is 144 Å². The van der Waals surface area contributed by atoms with Crippen LogP contribution in [-0.2, 0) is 16.6 Å². The lowest BCUT2D eigenvalue weighted by Crippen LogP contribution is -2.21. The minimum Gasteiger partial charge on any atom is -0.475 e. The minimum atomic E-state index is -5.08. The monoisotopic (exact) mass is 373 g/mol. The number of amides is 1. The maximum absolute atomic E-state index is 11.5. The Morgan fingerprint density at radius 2 is 1.92 bits per heavy atom. The first-order chi connectivity index (χ1) is 11.9. The van der Waals surface area contributed by atoms with Crippen LogP contribution in [0.25, 0.3) is 11.3 Å². The summed E-state index contributed by atoms with van der Waals surface area (Å²) in [5.74, 6) is -2.63. The van der Waals surface area contributed by atoms with E-state index in [1.807, 2.05) is 0 Å². The van der Waals surface area contributed by atoms with Crippen molar-refractivity contribution in [1.82, 2.24) is 14.5 Å². The van der Waals surface area contributed by atoms with Gasteiger partial charge in [0.15, 0.2) is 0 Å². The van der Waals surface area contributed by atoms with Gasteiger partial charge in [0.2, 0.25) is 5.91 Å². The van der Waals surface area contributed by atoms with E-state index >= 15 is 0 Å². The van der Waals surface area contributed by atoms with E-state index in [0.717, 1.165) is 0 Å². The molecule has 0 aliphatic heterocycles. The number of hydrogen-bond acceptors (Lipinski definition) is 6. The summed E-state index contributed by atoms with van der Waals surface area (Å²) < 4.78 is 33.1. The van der Waals surface area contributed by atoms with Crippen LogP contribution in [0, 0.1) is 0 Å². The van der Waals surface area contributed by atoms with Gasteiger partial charge in [0.1, 0.15) is 5.82 Å². The fourth-order valence-corrected chi connectivity index (χ4v) is 1.55. The molecule has 2 aromatic rings. The Morgan fingerprint density at radius 1 is 1.35 bits per heavy atom. The van der Waals surface area contributed by atoms with Crippen LogP contribution in [-0.4, -0.2) is 37.7 Å². The van der Waals surface area contributed by atoms with Crippen LogP contribution in [0.15, 0.2) is 29.3 Å². The number of carboxylic acids is 1. The molecule has 0 aliphatic rings. The summed E-state index contributed by atoms with van der Waals surface area (Å²) in [6.07, 6.45) is -2.01. The van der Waals surface area contributed by atoms with Crippen molar-refractivity contribution in [2.75, 3.05) is 11.1 Å². The van der Waals surface area contributed by atoms with E-state index in [0.29, 0.717) is 22.8 Å². The summed E-state index contributed by atoms with van der Waals surface area (Å²) in [7, 11) is 1.61. The number of carboxylic acid groups (broad SMARTS) is 1. The summed E-state index contributed by atoms with van der Waals surface area (Å²) in [4.78, 5) is 39.2. The second-order valence-corrected chi connectivity index (χ2v) is 4.85. The predicted molar refractivity (Wildman–Crippen MR) is 85.1 cm³/mol. The highest BCUT2D eigenvalue weighted by Gasteiger charge is 2.38. The Kier molecular flexibility index (Phi) is 6.41. The van der Waals surface area contributed by atoms with E-state index in [9.17, 15) is 22.8 Å². The van der Waals surface area contributed by atoms with E-state index in [4.69, 9.17) is 15.6 Å². The minimum absolute atomic E-state index is 0.230. The molecule has 1 amide bonds. The summed E-state index contributed by atoms with van der Waals surface area (Å²) >= 11 is 0. The van der Waals surface area contributed by atoms with E-state index in [1.165, 1.54) is 23.8 Å². The molecule has 2 aromatic heterocycles. The molecule has 0 radical (unpaired) electrons. The van der Waals surface area contributed by atoms with Crippen LogP contribution < -0.4 is 16.7 Å². The van der Waals surface area contributed by atoms with Crippen molar-refractivity contribution >= 4 is 23.4 Å². The van der Waals surface area contributed by atoms with E-state index in [2.05, 4.69) is 15.3 Å². The number of nitrogens with one attached hydrogen (secondary N) is 1. The molecular weight excluding hydrogens is 359 g/mol. The molecular formula is C14H14F3N5O4. The quantitative estimate of drug-likeness (QED) is 0.714. The van der Waals surface area contributed by atoms with Crippen LogP contribution in [0.1, 0.15) is 6.92 Å². The number of aliphatic carboxylic acids is 1. The molecule has 4 N–H and O–H groups in total. The number of rotatable bonds is 2. The molecule has 12 heteroatoms. The molecule has 26 heavy (non-hydrogen) atoms. The topological polar surface area (TPSA) is 140 Å². The lowest BCUT2D eigenvalue weighted by molar-refractivity contribution is -0.192. The molecule has 0 aliphatic carbocycles. The smallest absolute Gasteiger partial charge is 0.475 e. The van der Waals surface area contributed by atoms with E-state index in [1.54, 1.807) is 19.3 Å². The molecule has 0 saturated carbocycles. The third-order valence-corrected chi connectivity index (χ3v) is 2.73. The number of pyridine rings is 1. The normalized spacial score (nSPS) is 10.5. The fourth-order valence-electron chi connectivity index (χ4n) is 1.55. The summed E-state index contributed by atoms with van der Waals surface area (Å²) in [6, 6.07) is 3.20. The zero-order valence-corrected chi connectivity index (χ0v) is 13.5. The molecule has 2 rings (SSSR count). The third-order valence-electron chi connectivity index (χ3n) is 2.73. The van der Waals surface area contributed by atoms with Crippen molar-refractivity contribution in [3.8, 4) is 11.3 Å². The Bertz CT molecular complexity index is 880. The van der Waals surface area contributed by atoms with Crippen LogP contribution in [0.4, 0.5) is 24.7 Å². The SMILES string of the molecule is CC(=O)Nc1cc(N)c(-c2ccn(C)c(=O)n2)cn1.O=C(O)C(F)(F)F. The number of carbonyl (C=O) groups is 2. The van der Waals surface area contributed by atoms with Gasteiger partial charge in [-0.2, -0.15) is 18.2 Å². The maximum atomic E-state index is 11.5. The molecule has 0 atom stereocenters. The number of hydrogen-bond donors (Lipinski definition) is 3. The van der Waals surface area contributed by atoms with Crippen molar-refractivity contribution in [3.05, 3.63) is 35.0 Å². The second-order valence-electron chi connectivity index (χ2n) is 4.85. The van der Waals surface area contributed by atoms with Gasteiger partial charge in [0, 0.05) is 43.7 Å². The number of nitrogen functional groups attached to an aromatic ring is 1. The zero-order chi connectivity index (χ0) is 20.1. The first-order valence-electron chi connectivity index (χ1n) is 6.79. The van der Waals surface area contributed by atoms with Crippen molar-refractivity contribution in [2.24, 2.45) is 7.05 Å². The lowest BCUT2D eigenvalue weighted by atomic mass is 10.1. The van der Waals surface area contributed by atoms with Gasteiger partial charge in [0.05, 0.1) is 5.69 Å². The Hall–Kier alpha value is -3.44. The largest absolute Gasteiger partial charge is 0.490 e. The number of nitrogens with two attached hydrogens (primary N) is 1. The number of carbonyl (C=O) groups excluding carboxylic acids is 1. The third kappa shape index (κ3) is 5.89. The molecule has 2 heterocycles. The van der Waals surface area contributed by atoms with E-state index < -0.39 is 12.1 Å². The highest BCUT2D eigenvalue weighted by Crippen LogP contribution is 2.24. The van der Waals surface area contributed by atoms with E-state index in [-0.39, 0.29) is 11.6 Å². The van der Waals surface area contributed by atoms with Crippen molar-refractivity contribution in [2.45, 2.75) is 13.1 Å². The average molecular weight is 373 g/mol. The second kappa shape index (κ2) is 8.09. The van der Waals surface area contributed by atoms with Crippen LogP contribution in [0.2, 0.25) is 0 Å². The summed E-state index contributed by atoms with van der Waals surface area (Å²) in [5.41, 5.74) is 6.89. The molecule has 0 fully saturated rings. The number of nitrogens with zero attached hydrogens (tertiary/aromatic N) is 3. The first kappa shape index (κ1) is 20.6. The maximum Gasteiger partial charge on any atom is 0.490 e. The molecule has 0 saturated heterocycles. The van der Waals surface area contributed by atoms with Gasteiger partial charge in [-0.25, -0.2) is 14.6 Å². The average Bonchev–Trinajstić information content (AvgIpc) is 2.49. The molecule has 0 spiro atoms. The van der Waals surface area contributed by atoms with Gasteiger partial charge in [-0.05, 0) is 6.07 Å². The number of aryl methyl sites for hydroxylation is 1. The van der Waals surface area contributed by atoms with Gasteiger partial charge < -0.3 is 20.7 Å². The molecule has 140 valence electrons. The summed E-state index contributed by atoms with van der Waals surface area (Å²) in [5, 5.41) is 9.65. The van der Waals surface area contributed by atoms with Crippen molar-refractivity contribution in [3.63, 3.8) is 0 Å². The van der Waals surface area contributed by atoms with Crippen LogP contribution in [0.3, 0.4) is 0 Å². The number of halogens is 3. The first-order valence-corrected chi connectivity index (χ1v) is 6.79. The van der Waals surface area contributed by atoms with Crippen molar-refractivity contribution < 1.29 is 27.9 Å². The standard InChI is InChI=1S/C12H13N5O2.C2HF3O2/c1-7(18)15-11-5-9(13)8(6-14-11)10-3-4-17(2)12(19)16-10;3-2(4,5)1(6)7/h3-6H,1-2H3,(H3,13,14,15,18);(H,6,7). The lowest BCUT2D eigenvalue weighted by Gasteiger charge is -2.07. The van der Waals surface area contributed by atoms with Gasteiger partial charge in [0.25, 0.3) is 0 Å². The number of anilines is 2.